The summed E-state index contributed by atoms with van der Waals surface area (Å²) in [6.45, 7) is 20.1. The predicted octanol–water partition coefficient (Wildman–Crippen LogP) is 3.29. The predicted molar refractivity (Wildman–Crippen MR) is 283 cm³/mol. The summed E-state index contributed by atoms with van der Waals surface area (Å²) >= 11 is 22.9. The van der Waals surface area contributed by atoms with Crippen LogP contribution in [0.15, 0.2) is 0 Å². The van der Waals surface area contributed by atoms with Gasteiger partial charge in [0.2, 0.25) is 0 Å². The molecular weight excluding hydrogens is 1080 g/mol. The van der Waals surface area contributed by atoms with Crippen LogP contribution in [0.3, 0.4) is 0 Å². The van der Waals surface area contributed by atoms with E-state index in [1.54, 1.807) is 0 Å². The van der Waals surface area contributed by atoms with Crippen LogP contribution < -0.4 is 0 Å². The summed E-state index contributed by atoms with van der Waals surface area (Å²) in [5, 5.41) is 0. The van der Waals surface area contributed by atoms with Gasteiger partial charge in [0.05, 0.1) is 296 Å². The van der Waals surface area contributed by atoms with Crippen LogP contribution in [-0.4, -0.2) is 314 Å². The molecule has 0 radical (unpaired) electrons. The van der Waals surface area contributed by atoms with Crippen molar-refractivity contribution >= 4 is 46.4 Å². The molecule has 0 rings (SSSR count). The third-order valence-electron chi connectivity index (χ3n) is 9.22. The molecule has 0 amide bonds. The minimum absolute atomic E-state index is 0.319. The number of halogens is 4. The van der Waals surface area contributed by atoms with Crippen molar-refractivity contribution in [3.05, 3.63) is 0 Å². The minimum Gasteiger partial charge on any atom is -0.379 e. The Labute approximate surface area is 468 Å². The zero-order valence-corrected chi connectivity index (χ0v) is 48.0. The zero-order chi connectivity index (χ0) is 54.0. The summed E-state index contributed by atoms with van der Waals surface area (Å²) in [6.07, 6.45) is 0. The first-order chi connectivity index (χ1) is 37.2. The molecule has 0 spiro atoms. The summed E-state index contributed by atoms with van der Waals surface area (Å²) in [7, 11) is 0. The Bertz CT molecular complexity index is 958. The van der Waals surface area contributed by atoms with Crippen molar-refractivity contribution in [1.29, 1.82) is 0 Å². The molecule has 0 bridgehead atoms. The number of ether oxygens (including phenoxy) is 22. The van der Waals surface area contributed by atoms with Crippen molar-refractivity contribution in [3.8, 4) is 0 Å². The first-order valence-electron chi connectivity index (χ1n) is 26.2. The van der Waals surface area contributed by atoms with E-state index in [9.17, 15) is 0 Å². The third-order valence-corrected chi connectivity index (χ3v) is 9.83. The second-order valence-electron chi connectivity index (χ2n) is 15.5. The Morgan fingerprint density at radius 1 is 0.133 bits per heavy atom. The van der Waals surface area contributed by atoms with E-state index >= 15 is 0 Å². The second-order valence-corrected chi connectivity index (χ2v) is 17.0. The van der Waals surface area contributed by atoms with E-state index in [0.29, 0.717) is 314 Å². The average Bonchev–Trinajstić information content (AvgIpc) is 3.42. The van der Waals surface area contributed by atoms with Crippen LogP contribution in [0.2, 0.25) is 0 Å². The summed E-state index contributed by atoms with van der Waals surface area (Å²) < 4.78 is 123. The number of hydrogen-bond acceptors (Lipinski definition) is 22. The van der Waals surface area contributed by atoms with Gasteiger partial charge in [0, 0.05) is 23.5 Å². The van der Waals surface area contributed by atoms with E-state index in [4.69, 9.17) is 151 Å². The standard InChI is InChI=1S/C49H96Cl4O22/c50-1-5-54-9-11-56-13-15-58-17-19-60-21-23-62-25-27-64-29-31-66-33-35-68-37-39-70-41-43-74-47-49(45-72-7-3-52,46-73-8-4-53)48-75-44-42-71-40-38-69-36-34-67-32-30-65-28-26-63-24-22-61-20-18-59-16-14-57-12-10-55-6-2-51/h1-48H2. The number of rotatable bonds is 70. The highest BCUT2D eigenvalue weighted by molar-refractivity contribution is 6.18. The highest BCUT2D eigenvalue weighted by Crippen LogP contribution is 2.21. The van der Waals surface area contributed by atoms with Crippen LogP contribution in [-0.2, 0) is 104 Å². The molecule has 0 aliphatic rings. The molecule has 0 aliphatic heterocycles. The fraction of sp³-hybridized carbons (Fsp3) is 1.00. The van der Waals surface area contributed by atoms with E-state index in [1.807, 2.05) is 0 Å². The van der Waals surface area contributed by atoms with Crippen LogP contribution in [0, 0.1) is 5.41 Å². The van der Waals surface area contributed by atoms with Crippen molar-refractivity contribution in [2.45, 2.75) is 0 Å². The summed E-state index contributed by atoms with van der Waals surface area (Å²) in [4.78, 5) is 0. The van der Waals surface area contributed by atoms with E-state index in [-0.39, 0.29) is 0 Å². The molecule has 452 valence electrons. The van der Waals surface area contributed by atoms with Gasteiger partial charge in [0.15, 0.2) is 0 Å². The summed E-state index contributed by atoms with van der Waals surface area (Å²) in [5.41, 5.74) is -0.586. The van der Waals surface area contributed by atoms with Crippen LogP contribution in [0.25, 0.3) is 0 Å². The lowest BCUT2D eigenvalue weighted by atomic mass is 9.92. The Kier molecular flexibility index (Phi) is 68.8. The van der Waals surface area contributed by atoms with Gasteiger partial charge in [-0.15, -0.1) is 46.4 Å². The second kappa shape index (κ2) is 68.6. The molecule has 0 aromatic heterocycles. The molecule has 26 heteroatoms. The lowest BCUT2D eigenvalue weighted by molar-refractivity contribution is -0.113. The van der Waals surface area contributed by atoms with E-state index in [2.05, 4.69) is 0 Å². The zero-order valence-electron chi connectivity index (χ0n) is 44.9. The first-order valence-corrected chi connectivity index (χ1v) is 28.3. The van der Waals surface area contributed by atoms with E-state index in [0.717, 1.165) is 0 Å². The fourth-order valence-corrected chi connectivity index (χ4v) is 6.02. The maximum absolute atomic E-state index is 6.02. The molecule has 0 fully saturated rings. The maximum atomic E-state index is 6.02. The SMILES string of the molecule is ClCCOCCOCCOCCOCCOCCOCCOCCOCCOCCOCC(COCCCl)(COCCCl)COCCOCCOCCOCCOCCOCCOCCOCCOCCOCCCl. The van der Waals surface area contributed by atoms with Gasteiger partial charge in [-0.05, 0) is 0 Å². The molecule has 0 saturated heterocycles. The van der Waals surface area contributed by atoms with Gasteiger partial charge in [0.1, 0.15) is 0 Å². The van der Waals surface area contributed by atoms with Gasteiger partial charge >= 0.3 is 0 Å². The van der Waals surface area contributed by atoms with Crippen molar-refractivity contribution in [2.75, 3.05) is 314 Å². The third kappa shape index (κ3) is 63.3. The quantitative estimate of drug-likeness (QED) is 0.0634. The fourth-order valence-electron chi connectivity index (χ4n) is 5.58. The van der Waals surface area contributed by atoms with Crippen LogP contribution in [0.1, 0.15) is 0 Å². The summed E-state index contributed by atoms with van der Waals surface area (Å²) in [6, 6.07) is 0. The Morgan fingerprint density at radius 2 is 0.227 bits per heavy atom. The molecule has 0 heterocycles. The van der Waals surface area contributed by atoms with Crippen LogP contribution in [0.4, 0.5) is 0 Å². The molecule has 75 heavy (non-hydrogen) atoms. The van der Waals surface area contributed by atoms with Gasteiger partial charge in [-0.1, -0.05) is 0 Å². The molecule has 0 aromatic rings. The molecule has 0 unspecified atom stereocenters. The lowest BCUT2D eigenvalue weighted by Gasteiger charge is -2.33. The topological polar surface area (TPSA) is 203 Å². The number of alkyl halides is 4. The normalized spacial score (nSPS) is 12.0. The highest BCUT2D eigenvalue weighted by Gasteiger charge is 2.32. The summed E-state index contributed by atoms with van der Waals surface area (Å²) in [5.74, 6) is 1.70. The Balaban J connectivity index is 3.76. The molecule has 0 aromatic carbocycles. The monoisotopic (exact) mass is 1180 g/mol. The van der Waals surface area contributed by atoms with E-state index < -0.39 is 5.41 Å². The highest BCUT2D eigenvalue weighted by atomic mass is 35.5. The van der Waals surface area contributed by atoms with Gasteiger partial charge in [0.25, 0.3) is 0 Å². The maximum Gasteiger partial charge on any atom is 0.0701 e. The van der Waals surface area contributed by atoms with Gasteiger partial charge in [-0.25, -0.2) is 0 Å². The molecule has 0 atom stereocenters. The van der Waals surface area contributed by atoms with Crippen molar-refractivity contribution in [2.24, 2.45) is 5.41 Å². The molecular formula is C49H96Cl4O22. The van der Waals surface area contributed by atoms with E-state index in [1.165, 1.54) is 0 Å². The lowest BCUT2D eigenvalue weighted by Crippen LogP contribution is -2.42. The van der Waals surface area contributed by atoms with Crippen molar-refractivity contribution in [1.82, 2.24) is 0 Å². The molecule has 22 nitrogen and oxygen atoms in total. The van der Waals surface area contributed by atoms with Crippen LogP contribution >= 0.6 is 46.4 Å². The molecule has 0 saturated carbocycles. The largest absolute Gasteiger partial charge is 0.379 e. The Morgan fingerprint density at radius 3 is 0.360 bits per heavy atom. The van der Waals surface area contributed by atoms with Crippen LogP contribution in [0.5, 0.6) is 0 Å². The van der Waals surface area contributed by atoms with Gasteiger partial charge in [-0.3, -0.25) is 0 Å². The average molecular weight is 1180 g/mol. The van der Waals surface area contributed by atoms with Gasteiger partial charge in [-0.2, -0.15) is 0 Å². The first kappa shape index (κ1) is 75.3. The molecule has 0 N–H and O–H groups in total. The minimum atomic E-state index is -0.586. The molecule has 0 aliphatic carbocycles. The number of hydrogen-bond donors (Lipinski definition) is 0. The Hall–Kier alpha value is 0.280. The van der Waals surface area contributed by atoms with Gasteiger partial charge < -0.3 is 104 Å². The van der Waals surface area contributed by atoms with Crippen molar-refractivity contribution < 1.29 is 104 Å². The van der Waals surface area contributed by atoms with Crippen molar-refractivity contribution in [3.63, 3.8) is 0 Å². The smallest absolute Gasteiger partial charge is 0.0701 e.